The van der Waals surface area contributed by atoms with Gasteiger partial charge in [0.15, 0.2) is 0 Å². The Kier molecular flexibility index (Phi) is 6.78. The fourth-order valence-corrected chi connectivity index (χ4v) is 6.10. The Bertz CT molecular complexity index is 902. The largest absolute Gasteiger partial charge is 1.00 e. The van der Waals surface area contributed by atoms with Crippen molar-refractivity contribution in [1.82, 2.24) is 9.03 Å². The molecule has 1 amide bonds. The van der Waals surface area contributed by atoms with Crippen molar-refractivity contribution in [3.8, 4) is 0 Å². The molecule has 0 radical (unpaired) electrons. The van der Waals surface area contributed by atoms with Crippen molar-refractivity contribution in [1.29, 1.82) is 0 Å². The first-order chi connectivity index (χ1) is 12.0. The molecule has 8 nitrogen and oxygen atoms in total. The molecule has 1 N–H and O–H groups in total. The smallest absolute Gasteiger partial charge is 0.548 e. The van der Waals surface area contributed by atoms with Gasteiger partial charge < -0.3 is 14.8 Å². The van der Waals surface area contributed by atoms with Crippen molar-refractivity contribution in [2.24, 2.45) is 4.40 Å². The SMILES string of the molecule is Cc1ccc(S(=O)(=O)NSN=C2C(=O)N3[C@@H]2SC(C)(C)[C@@H]3C(=O)[O-])cc1.[Na+]. The molecule has 12 heteroatoms. The van der Waals surface area contributed by atoms with Gasteiger partial charge in [-0.3, -0.25) is 4.79 Å². The minimum absolute atomic E-state index is 0. The molecular weight excluding hydrogens is 421 g/mol. The van der Waals surface area contributed by atoms with E-state index in [0.717, 1.165) is 5.56 Å². The van der Waals surface area contributed by atoms with Gasteiger partial charge in [0.2, 0.25) is 0 Å². The fourth-order valence-electron chi connectivity index (χ4n) is 2.83. The van der Waals surface area contributed by atoms with E-state index in [0.29, 0.717) is 12.1 Å². The molecule has 27 heavy (non-hydrogen) atoms. The average Bonchev–Trinajstić information content (AvgIpc) is 2.80. The zero-order chi connectivity index (χ0) is 19.3. The summed E-state index contributed by atoms with van der Waals surface area (Å²) in [5.74, 6) is -1.84. The number of aryl methyl sites for hydroxylation is 1. The summed E-state index contributed by atoms with van der Waals surface area (Å²) < 4.78 is 29.9. The van der Waals surface area contributed by atoms with Gasteiger partial charge in [-0.25, -0.2) is 8.42 Å². The Hall–Kier alpha value is -0.560. The molecule has 1 aromatic carbocycles. The van der Waals surface area contributed by atoms with E-state index in [1.54, 1.807) is 26.0 Å². The number of β-lactam (4-membered cyclic amide) rings is 1. The average molecular weight is 438 g/mol. The van der Waals surface area contributed by atoms with Crippen molar-refractivity contribution < 1.29 is 52.7 Å². The van der Waals surface area contributed by atoms with Crippen LogP contribution in [0.1, 0.15) is 19.4 Å². The van der Waals surface area contributed by atoms with Gasteiger partial charge in [-0.1, -0.05) is 17.7 Å². The number of sulfonamides is 1. The van der Waals surface area contributed by atoms with Crippen LogP contribution in [0.25, 0.3) is 0 Å². The van der Waals surface area contributed by atoms with Crippen molar-refractivity contribution in [3.05, 3.63) is 29.8 Å². The second kappa shape index (κ2) is 8.05. The van der Waals surface area contributed by atoms with E-state index in [4.69, 9.17) is 0 Å². The number of hydrogen-bond donors (Lipinski definition) is 1. The van der Waals surface area contributed by atoms with E-state index in [1.165, 1.54) is 28.8 Å². The van der Waals surface area contributed by atoms with E-state index in [2.05, 4.69) is 8.53 Å². The predicted molar refractivity (Wildman–Crippen MR) is 97.6 cm³/mol. The number of carboxylic acid groups (broad SMARTS) is 1. The van der Waals surface area contributed by atoms with Gasteiger partial charge in [0.25, 0.3) is 15.9 Å². The number of carbonyl (C=O) groups is 2. The summed E-state index contributed by atoms with van der Waals surface area (Å²) in [5, 5.41) is 10.8. The molecule has 0 saturated carbocycles. The fraction of sp³-hybridized carbons (Fsp3) is 0.400. The van der Waals surface area contributed by atoms with Crippen molar-refractivity contribution in [2.45, 2.75) is 41.8 Å². The summed E-state index contributed by atoms with van der Waals surface area (Å²) in [7, 11) is -3.77. The Balaban J connectivity index is 0.00000261. The first-order valence-corrected chi connectivity index (χ1v) is 10.7. The van der Waals surface area contributed by atoms with Crippen LogP contribution in [0.4, 0.5) is 0 Å². The summed E-state index contributed by atoms with van der Waals surface area (Å²) in [5.41, 5.74) is 1.06. The normalized spacial score (nSPS) is 24.9. The zero-order valence-corrected chi connectivity index (χ0v) is 19.6. The maximum atomic E-state index is 12.2. The first-order valence-electron chi connectivity index (χ1n) is 7.58. The van der Waals surface area contributed by atoms with Gasteiger partial charge in [-0.15, -0.1) is 15.9 Å². The Morgan fingerprint density at radius 1 is 1.33 bits per heavy atom. The standard InChI is InChI=1S/C15H17N3O5S3.Na/c1-8-4-6-9(7-5-8)26(22,23)17-25-16-10-12(19)18-11(14(20)21)15(2,3)24-13(10)18;/h4-7,11,13,17H,1-3H3,(H,20,21);/q;+1/p-1/t11-,13+;/m0./s1. The maximum Gasteiger partial charge on any atom is 1.00 e. The molecule has 2 atom stereocenters. The van der Waals surface area contributed by atoms with Crippen LogP contribution < -0.4 is 38.8 Å². The van der Waals surface area contributed by atoms with Crippen LogP contribution in [-0.4, -0.2) is 47.1 Å². The van der Waals surface area contributed by atoms with Gasteiger partial charge in [-0.2, -0.15) is 4.40 Å². The van der Waals surface area contributed by atoms with Crippen molar-refractivity contribution in [2.75, 3.05) is 0 Å². The first kappa shape index (κ1) is 22.7. The molecule has 3 rings (SSSR count). The number of thioether (sulfide) groups is 1. The number of nitrogens with zero attached hydrogens (tertiary/aromatic N) is 2. The van der Waals surface area contributed by atoms with Crippen LogP contribution in [0.3, 0.4) is 0 Å². The van der Waals surface area contributed by atoms with Gasteiger partial charge in [0.1, 0.15) is 11.1 Å². The summed E-state index contributed by atoms with van der Waals surface area (Å²) in [4.78, 5) is 24.8. The van der Waals surface area contributed by atoms with E-state index in [9.17, 15) is 23.1 Å². The monoisotopic (exact) mass is 437 g/mol. The Labute approximate surface area is 188 Å². The molecule has 2 aliphatic heterocycles. The number of amides is 1. The minimum atomic E-state index is -3.77. The summed E-state index contributed by atoms with van der Waals surface area (Å²) >= 11 is 1.82. The maximum absolute atomic E-state index is 12.2. The molecule has 2 aliphatic rings. The molecule has 140 valence electrons. The van der Waals surface area contributed by atoms with Crippen LogP contribution in [0.5, 0.6) is 0 Å². The van der Waals surface area contributed by atoms with Crippen LogP contribution >= 0.6 is 23.9 Å². The van der Waals surface area contributed by atoms with E-state index >= 15 is 0 Å². The molecule has 2 fully saturated rings. The molecule has 0 aromatic heterocycles. The second-order valence-corrected chi connectivity index (χ2v) is 10.7. The number of fused-ring (bicyclic) bond motifs is 1. The number of hydrogen-bond acceptors (Lipinski definition) is 8. The third kappa shape index (κ3) is 4.24. The molecule has 2 heterocycles. The summed E-state index contributed by atoms with van der Waals surface area (Å²) in [6.45, 7) is 5.28. The van der Waals surface area contributed by atoms with Crippen LogP contribution in [0, 0.1) is 6.92 Å². The number of carbonyl (C=O) groups excluding carboxylic acids is 2. The van der Waals surface area contributed by atoms with Crippen LogP contribution in [-0.2, 0) is 19.6 Å². The quantitative estimate of drug-likeness (QED) is 0.298. The topological polar surface area (TPSA) is 119 Å². The van der Waals surface area contributed by atoms with Crippen molar-refractivity contribution >= 4 is 51.5 Å². The van der Waals surface area contributed by atoms with Gasteiger partial charge >= 0.3 is 29.6 Å². The Morgan fingerprint density at radius 3 is 2.48 bits per heavy atom. The van der Waals surface area contributed by atoms with E-state index in [1.807, 2.05) is 6.92 Å². The van der Waals surface area contributed by atoms with Crippen LogP contribution in [0.2, 0.25) is 0 Å². The minimum Gasteiger partial charge on any atom is -0.548 e. The molecule has 1 aromatic rings. The number of carboxylic acids is 1. The predicted octanol–water partition coefficient (Wildman–Crippen LogP) is -2.91. The summed E-state index contributed by atoms with van der Waals surface area (Å²) in [6, 6.07) is 5.26. The molecule has 0 unspecified atom stereocenters. The molecule has 0 aliphatic carbocycles. The molecule has 0 bridgehead atoms. The molecular formula is C15H16N3NaO5S3. The van der Waals surface area contributed by atoms with Gasteiger partial charge in [0, 0.05) is 4.75 Å². The number of nitrogens with one attached hydrogen (secondary N) is 1. The van der Waals surface area contributed by atoms with Gasteiger partial charge in [-0.05, 0) is 32.9 Å². The number of benzene rings is 1. The third-order valence-corrected chi connectivity index (χ3v) is 8.00. The number of rotatable bonds is 5. The van der Waals surface area contributed by atoms with E-state index in [-0.39, 0.29) is 40.2 Å². The Morgan fingerprint density at radius 2 is 1.93 bits per heavy atom. The second-order valence-electron chi connectivity index (χ2n) is 6.48. The van der Waals surface area contributed by atoms with Crippen molar-refractivity contribution in [3.63, 3.8) is 0 Å². The number of aliphatic carboxylic acids is 1. The third-order valence-electron chi connectivity index (χ3n) is 4.14. The zero-order valence-electron chi connectivity index (χ0n) is 15.1. The van der Waals surface area contributed by atoms with Crippen LogP contribution in [0.15, 0.2) is 33.6 Å². The molecule has 0 spiro atoms. The molecule has 2 saturated heterocycles. The summed E-state index contributed by atoms with van der Waals surface area (Å²) in [6.07, 6.45) is 0. The van der Waals surface area contributed by atoms with Gasteiger partial charge in [0.05, 0.1) is 29.0 Å². The van der Waals surface area contributed by atoms with E-state index < -0.39 is 38.1 Å².